The minimum Gasteiger partial charge on any atom is -0.333 e. The molecule has 4 nitrogen and oxygen atoms in total. The third-order valence-corrected chi connectivity index (χ3v) is 12.1. The van der Waals surface area contributed by atoms with Crippen molar-refractivity contribution in [1.29, 1.82) is 0 Å². The van der Waals surface area contributed by atoms with Crippen molar-refractivity contribution in [2.24, 2.45) is 0 Å². The van der Waals surface area contributed by atoms with Gasteiger partial charge in [0.1, 0.15) is 0 Å². The fourth-order valence-corrected chi connectivity index (χ4v) is 9.17. The van der Waals surface area contributed by atoms with Crippen molar-refractivity contribution in [1.82, 2.24) is 19.0 Å². The van der Waals surface area contributed by atoms with Gasteiger partial charge in [-0.15, -0.1) is 23.6 Å². The predicted molar refractivity (Wildman–Crippen MR) is 247 cm³/mol. The molecular weight excluding hydrogens is 1100 g/mol. The summed E-state index contributed by atoms with van der Waals surface area (Å²) in [7, 11) is 0. The molecule has 0 spiro atoms. The Kier molecular flexibility index (Phi) is 11.7. The van der Waals surface area contributed by atoms with E-state index in [0.717, 1.165) is 27.8 Å². The SMILES string of the molecule is Cc1cccc(C)c1-c1cnn2c3[c-]cccc3c3ccccc3c12.Cc1ccccc1-c1cc[c-]c2c1c1ccccc1n1c(-c3ccc(C(C)C)cc3C)cnc21.[Ir].[Ir]. The third-order valence-electron chi connectivity index (χ3n) is 12.1. The van der Waals surface area contributed by atoms with Gasteiger partial charge in [-0.2, -0.15) is 29.4 Å². The number of hydrogen-bond donors (Lipinski definition) is 0. The Morgan fingerprint density at radius 2 is 1.23 bits per heavy atom. The molecule has 0 aliphatic carbocycles. The monoisotopic (exact) mass is 1150 g/mol. The maximum Gasteiger partial charge on any atom is 0.0790 e. The zero-order valence-corrected chi connectivity index (χ0v) is 39.8. The van der Waals surface area contributed by atoms with E-state index in [9.17, 15) is 0 Å². The summed E-state index contributed by atoms with van der Waals surface area (Å²) in [6, 6.07) is 56.4. The van der Waals surface area contributed by atoms with E-state index in [0.29, 0.717) is 5.92 Å². The standard InChI is InChI=1S/C32H27N2.C23H17N2.2Ir/c1-20(2)23-16-17-25(22(4)18-23)30-19-33-32-28-14-9-13-26(24-11-6-5-10-21(24)3)31(28)27-12-7-8-15-29(27)34(30)32;1-15-8-7-9-16(2)22(15)20-14-24-25-21-13-6-5-11-18(21)17-10-3-4-12-19(17)23(20)25;;/h5-13,15-20H,1-4H3;3-12,14H,1-2H3;;/q2*-1;;. The Morgan fingerprint density at radius 1 is 0.541 bits per heavy atom. The minimum atomic E-state index is 0. The summed E-state index contributed by atoms with van der Waals surface area (Å²) in [6.07, 6.45) is 4.02. The van der Waals surface area contributed by atoms with Gasteiger partial charge in [0, 0.05) is 63.1 Å². The van der Waals surface area contributed by atoms with Crippen LogP contribution in [0.2, 0.25) is 0 Å². The number of rotatable bonds is 4. The predicted octanol–water partition coefficient (Wildman–Crippen LogP) is 14.2. The molecule has 7 aromatic carbocycles. The molecule has 0 aliphatic heterocycles. The van der Waals surface area contributed by atoms with Crippen LogP contribution in [0.1, 0.15) is 47.6 Å². The van der Waals surface area contributed by atoms with E-state index in [1.165, 1.54) is 88.1 Å². The van der Waals surface area contributed by atoms with E-state index < -0.39 is 0 Å². The van der Waals surface area contributed by atoms with Crippen molar-refractivity contribution in [3.05, 3.63) is 192 Å². The summed E-state index contributed by atoms with van der Waals surface area (Å²) < 4.78 is 4.35. The Labute approximate surface area is 384 Å². The minimum absolute atomic E-state index is 0. The molecule has 0 saturated carbocycles. The third kappa shape index (κ3) is 7.02. The second-order valence-corrected chi connectivity index (χ2v) is 16.1. The normalized spacial score (nSPS) is 11.3. The Bertz CT molecular complexity index is 3410. The fourth-order valence-electron chi connectivity index (χ4n) is 9.17. The van der Waals surface area contributed by atoms with Gasteiger partial charge in [-0.25, -0.2) is 0 Å². The van der Waals surface area contributed by atoms with Gasteiger partial charge >= 0.3 is 0 Å². The summed E-state index contributed by atoms with van der Waals surface area (Å²) in [4.78, 5) is 4.96. The number of aromatic nitrogens is 4. The first-order valence-electron chi connectivity index (χ1n) is 20.4. The van der Waals surface area contributed by atoms with Crippen LogP contribution in [-0.2, 0) is 40.2 Å². The topological polar surface area (TPSA) is 34.6 Å². The van der Waals surface area contributed by atoms with E-state index in [1.54, 1.807) is 0 Å². The van der Waals surface area contributed by atoms with Crippen LogP contribution in [0.5, 0.6) is 0 Å². The Balaban J connectivity index is 0.000000170. The van der Waals surface area contributed by atoms with Gasteiger partial charge in [0.05, 0.1) is 23.1 Å². The van der Waals surface area contributed by atoms with Crippen LogP contribution in [0.3, 0.4) is 0 Å². The second-order valence-electron chi connectivity index (χ2n) is 16.1. The van der Waals surface area contributed by atoms with E-state index >= 15 is 0 Å². The zero-order valence-electron chi connectivity index (χ0n) is 35.0. The smallest absolute Gasteiger partial charge is 0.0790 e. The van der Waals surface area contributed by atoms with E-state index in [-0.39, 0.29) is 40.2 Å². The molecule has 304 valence electrons. The van der Waals surface area contributed by atoms with E-state index in [4.69, 9.17) is 10.1 Å². The van der Waals surface area contributed by atoms with Crippen LogP contribution in [0, 0.1) is 39.8 Å². The van der Waals surface area contributed by atoms with Gasteiger partial charge in [-0.3, -0.25) is 9.50 Å². The van der Waals surface area contributed by atoms with E-state index in [1.807, 2.05) is 35.1 Å². The molecule has 0 saturated heterocycles. The van der Waals surface area contributed by atoms with Crippen molar-refractivity contribution < 1.29 is 40.2 Å². The number of para-hydroxylation sites is 2. The number of aryl methyl sites for hydroxylation is 4. The van der Waals surface area contributed by atoms with Gasteiger partial charge in [-0.05, 0) is 94.9 Å². The van der Waals surface area contributed by atoms with Gasteiger partial charge in [0.2, 0.25) is 0 Å². The number of benzene rings is 7. The zero-order chi connectivity index (χ0) is 40.4. The first-order chi connectivity index (χ1) is 28.8. The largest absolute Gasteiger partial charge is 0.333 e. The van der Waals surface area contributed by atoms with Crippen molar-refractivity contribution in [3.63, 3.8) is 0 Å². The van der Waals surface area contributed by atoms with Crippen LogP contribution < -0.4 is 0 Å². The average molecular weight is 1150 g/mol. The Morgan fingerprint density at radius 3 is 1.98 bits per heavy atom. The van der Waals surface area contributed by atoms with Crippen LogP contribution >= 0.6 is 0 Å². The molecule has 2 radical (unpaired) electrons. The number of hydrogen-bond acceptors (Lipinski definition) is 2. The van der Waals surface area contributed by atoms with Crippen molar-refractivity contribution in [3.8, 4) is 33.5 Å². The van der Waals surface area contributed by atoms with Crippen LogP contribution in [0.15, 0.2) is 152 Å². The maximum atomic E-state index is 4.96. The van der Waals surface area contributed by atoms with Gasteiger partial charge in [0.25, 0.3) is 0 Å². The van der Waals surface area contributed by atoms with Gasteiger partial charge in [0.15, 0.2) is 0 Å². The summed E-state index contributed by atoms with van der Waals surface area (Å²) >= 11 is 0. The summed E-state index contributed by atoms with van der Waals surface area (Å²) in [6.45, 7) is 13.2. The van der Waals surface area contributed by atoms with Crippen LogP contribution in [0.25, 0.3) is 88.0 Å². The van der Waals surface area contributed by atoms with Crippen molar-refractivity contribution in [2.45, 2.75) is 47.5 Å². The van der Waals surface area contributed by atoms with Crippen LogP contribution in [-0.4, -0.2) is 19.0 Å². The number of imidazole rings is 1. The molecule has 6 heteroatoms. The summed E-state index contributed by atoms with van der Waals surface area (Å²) in [5, 5.41) is 11.9. The first kappa shape index (κ1) is 42.0. The second kappa shape index (κ2) is 17.0. The maximum absolute atomic E-state index is 4.96. The molecule has 11 rings (SSSR count). The first-order valence-corrected chi connectivity index (χ1v) is 20.4. The molecule has 4 heterocycles. The molecule has 0 N–H and O–H groups in total. The number of nitrogens with zero attached hydrogens (tertiary/aromatic N) is 4. The molecule has 0 unspecified atom stereocenters. The molecule has 0 atom stereocenters. The molecule has 0 amide bonds. The Hall–Kier alpha value is -5.74. The van der Waals surface area contributed by atoms with Crippen molar-refractivity contribution >= 4 is 54.5 Å². The molecular formula is C55H44Ir2N4-2. The molecule has 11 aromatic rings. The summed E-state index contributed by atoms with van der Waals surface area (Å²) in [5.74, 6) is 0.508. The molecule has 61 heavy (non-hydrogen) atoms. The summed E-state index contributed by atoms with van der Waals surface area (Å²) in [5.41, 5.74) is 18.0. The number of pyridine rings is 2. The quantitative estimate of drug-likeness (QED) is 0.130. The fraction of sp³-hybridized carbons (Fsp3) is 0.127. The molecule has 0 bridgehead atoms. The molecule has 0 aliphatic rings. The van der Waals surface area contributed by atoms with Gasteiger partial charge < -0.3 is 4.40 Å². The van der Waals surface area contributed by atoms with Gasteiger partial charge in [-0.1, -0.05) is 139 Å². The van der Waals surface area contributed by atoms with Crippen LogP contribution in [0.4, 0.5) is 0 Å². The average Bonchev–Trinajstić information content (AvgIpc) is 3.90. The molecule has 4 aromatic heterocycles. The van der Waals surface area contributed by atoms with E-state index in [2.05, 4.69) is 179 Å². The molecule has 0 fully saturated rings. The number of fused-ring (bicyclic) bond motifs is 12. The van der Waals surface area contributed by atoms with Crippen molar-refractivity contribution in [2.75, 3.05) is 0 Å².